The molecule has 0 aliphatic heterocycles. The van der Waals surface area contributed by atoms with Crippen LogP contribution >= 0.6 is 38.5 Å². The number of halogens is 2. The molecule has 0 aliphatic carbocycles. The molecule has 1 heterocycles. The van der Waals surface area contributed by atoms with Crippen LogP contribution < -0.4 is 0 Å². The molecule has 0 atom stereocenters. The molecule has 19 heavy (non-hydrogen) atoms. The molecule has 0 amide bonds. The maximum atomic E-state index is 4.74. The highest BCUT2D eigenvalue weighted by atomic mass is 127. The lowest BCUT2D eigenvalue weighted by atomic mass is 10.1. The van der Waals surface area contributed by atoms with Crippen LogP contribution in [0.2, 0.25) is 0 Å². The van der Waals surface area contributed by atoms with Gasteiger partial charge in [-0.1, -0.05) is 22.0 Å². The van der Waals surface area contributed by atoms with Gasteiger partial charge >= 0.3 is 0 Å². The number of rotatable bonds is 1. The SMILES string of the molecule is Cc1cc(C)c2nc(-c3cc(I)ccc3Br)[nH]c2c1. The minimum Gasteiger partial charge on any atom is -0.338 e. The minimum atomic E-state index is 0.911. The zero-order valence-electron chi connectivity index (χ0n) is 10.6. The highest BCUT2D eigenvalue weighted by Crippen LogP contribution is 2.30. The number of imidazole rings is 1. The van der Waals surface area contributed by atoms with Crippen LogP contribution in [0.1, 0.15) is 11.1 Å². The third kappa shape index (κ3) is 2.43. The Balaban J connectivity index is 2.26. The van der Waals surface area contributed by atoms with E-state index < -0.39 is 0 Å². The maximum Gasteiger partial charge on any atom is 0.139 e. The molecule has 1 aromatic heterocycles. The number of aryl methyl sites for hydroxylation is 2. The molecule has 0 bridgehead atoms. The topological polar surface area (TPSA) is 28.7 Å². The quantitative estimate of drug-likeness (QED) is 0.531. The first-order chi connectivity index (χ1) is 9.04. The number of nitrogens with zero attached hydrogens (tertiary/aromatic N) is 1. The number of fused-ring (bicyclic) bond motifs is 1. The Morgan fingerprint density at radius 2 is 1.95 bits per heavy atom. The van der Waals surface area contributed by atoms with Gasteiger partial charge in [-0.25, -0.2) is 4.98 Å². The number of benzene rings is 2. The predicted octanol–water partition coefficient (Wildman–Crippen LogP) is 5.21. The molecule has 0 radical (unpaired) electrons. The normalized spacial score (nSPS) is 11.2. The lowest BCUT2D eigenvalue weighted by Gasteiger charge is -2.01. The first-order valence-corrected chi connectivity index (χ1v) is 7.84. The van der Waals surface area contributed by atoms with Crippen molar-refractivity contribution in [2.24, 2.45) is 0 Å². The van der Waals surface area contributed by atoms with E-state index in [1.54, 1.807) is 0 Å². The summed E-state index contributed by atoms with van der Waals surface area (Å²) in [5.41, 5.74) is 5.70. The van der Waals surface area contributed by atoms with Crippen molar-refractivity contribution in [2.75, 3.05) is 0 Å². The Morgan fingerprint density at radius 1 is 1.16 bits per heavy atom. The second-order valence-corrected chi connectivity index (χ2v) is 6.79. The van der Waals surface area contributed by atoms with Gasteiger partial charge in [0, 0.05) is 13.6 Å². The summed E-state index contributed by atoms with van der Waals surface area (Å²) in [6.07, 6.45) is 0. The predicted molar refractivity (Wildman–Crippen MR) is 91.4 cm³/mol. The van der Waals surface area contributed by atoms with Crippen LogP contribution in [-0.4, -0.2) is 9.97 Å². The summed E-state index contributed by atoms with van der Waals surface area (Å²) in [6.45, 7) is 4.21. The zero-order chi connectivity index (χ0) is 13.6. The van der Waals surface area contributed by atoms with Crippen molar-refractivity contribution in [1.29, 1.82) is 0 Å². The third-order valence-electron chi connectivity index (χ3n) is 3.11. The summed E-state index contributed by atoms with van der Waals surface area (Å²) >= 11 is 5.91. The monoisotopic (exact) mass is 426 g/mol. The van der Waals surface area contributed by atoms with E-state index >= 15 is 0 Å². The largest absolute Gasteiger partial charge is 0.338 e. The molecular weight excluding hydrogens is 415 g/mol. The van der Waals surface area contributed by atoms with Gasteiger partial charge in [0.1, 0.15) is 5.82 Å². The van der Waals surface area contributed by atoms with Crippen LogP contribution in [0, 0.1) is 17.4 Å². The van der Waals surface area contributed by atoms with Gasteiger partial charge in [0.05, 0.1) is 11.0 Å². The van der Waals surface area contributed by atoms with Crippen LogP contribution in [0.5, 0.6) is 0 Å². The van der Waals surface area contributed by atoms with Crippen molar-refractivity contribution in [3.8, 4) is 11.4 Å². The van der Waals surface area contributed by atoms with Crippen molar-refractivity contribution in [1.82, 2.24) is 9.97 Å². The molecule has 3 rings (SSSR count). The fourth-order valence-corrected chi connectivity index (χ4v) is 3.20. The number of nitrogens with one attached hydrogen (secondary N) is 1. The molecule has 2 nitrogen and oxygen atoms in total. The molecular formula is C15H12BrIN2. The molecule has 0 saturated heterocycles. The van der Waals surface area contributed by atoms with E-state index in [4.69, 9.17) is 4.98 Å². The van der Waals surface area contributed by atoms with Gasteiger partial charge in [-0.05, 0) is 71.8 Å². The molecule has 3 aromatic rings. The van der Waals surface area contributed by atoms with Crippen LogP contribution in [0.4, 0.5) is 0 Å². The van der Waals surface area contributed by atoms with Gasteiger partial charge < -0.3 is 4.98 Å². The number of aromatic amines is 1. The van der Waals surface area contributed by atoms with E-state index in [9.17, 15) is 0 Å². The molecule has 0 spiro atoms. The molecule has 0 aliphatic rings. The molecule has 0 saturated carbocycles. The van der Waals surface area contributed by atoms with Gasteiger partial charge in [-0.3, -0.25) is 0 Å². The summed E-state index contributed by atoms with van der Waals surface area (Å²) in [5.74, 6) is 0.911. The van der Waals surface area contributed by atoms with Crippen molar-refractivity contribution < 1.29 is 0 Å². The van der Waals surface area contributed by atoms with Crippen molar-refractivity contribution in [3.05, 3.63) is 49.5 Å². The maximum absolute atomic E-state index is 4.74. The number of hydrogen-bond donors (Lipinski definition) is 1. The van der Waals surface area contributed by atoms with Crippen LogP contribution in [0.15, 0.2) is 34.8 Å². The van der Waals surface area contributed by atoms with E-state index in [1.165, 1.54) is 14.7 Å². The average Bonchev–Trinajstić information content (AvgIpc) is 2.76. The van der Waals surface area contributed by atoms with Gasteiger partial charge in [0.25, 0.3) is 0 Å². The van der Waals surface area contributed by atoms with E-state index in [0.717, 1.165) is 26.9 Å². The Bertz CT molecular complexity index is 777. The molecule has 0 fully saturated rings. The number of hydrogen-bond acceptors (Lipinski definition) is 1. The summed E-state index contributed by atoms with van der Waals surface area (Å²) in [4.78, 5) is 8.15. The van der Waals surface area contributed by atoms with Gasteiger partial charge in [-0.15, -0.1) is 0 Å². The number of aromatic nitrogens is 2. The first kappa shape index (κ1) is 13.1. The van der Waals surface area contributed by atoms with E-state index in [-0.39, 0.29) is 0 Å². The Hall–Kier alpha value is -0.880. The highest BCUT2D eigenvalue weighted by molar-refractivity contribution is 14.1. The van der Waals surface area contributed by atoms with Gasteiger partial charge in [0.2, 0.25) is 0 Å². The fraction of sp³-hybridized carbons (Fsp3) is 0.133. The molecule has 2 aromatic carbocycles. The lowest BCUT2D eigenvalue weighted by molar-refractivity contribution is 1.32. The first-order valence-electron chi connectivity index (χ1n) is 5.97. The summed E-state index contributed by atoms with van der Waals surface area (Å²) in [7, 11) is 0. The van der Waals surface area contributed by atoms with Crippen molar-refractivity contribution in [3.63, 3.8) is 0 Å². The Kier molecular flexibility index (Phi) is 3.39. The van der Waals surface area contributed by atoms with Gasteiger partial charge in [0.15, 0.2) is 0 Å². The molecule has 1 N–H and O–H groups in total. The molecule has 0 unspecified atom stereocenters. The zero-order valence-corrected chi connectivity index (χ0v) is 14.3. The Morgan fingerprint density at radius 3 is 2.74 bits per heavy atom. The minimum absolute atomic E-state index is 0.911. The summed E-state index contributed by atoms with van der Waals surface area (Å²) in [5, 5.41) is 0. The van der Waals surface area contributed by atoms with Crippen molar-refractivity contribution >= 4 is 49.6 Å². The highest BCUT2D eigenvalue weighted by Gasteiger charge is 2.11. The van der Waals surface area contributed by atoms with Crippen LogP contribution in [0.3, 0.4) is 0 Å². The second kappa shape index (κ2) is 4.90. The second-order valence-electron chi connectivity index (χ2n) is 4.69. The third-order valence-corrected chi connectivity index (χ3v) is 4.47. The van der Waals surface area contributed by atoms with E-state index in [2.05, 4.69) is 87.7 Å². The lowest BCUT2D eigenvalue weighted by Crippen LogP contribution is -1.83. The molecule has 96 valence electrons. The standard InChI is InChI=1S/C15H12BrIN2/c1-8-5-9(2)14-13(6-8)18-15(19-14)11-7-10(17)3-4-12(11)16/h3-7H,1-2H3,(H,18,19). The van der Waals surface area contributed by atoms with Crippen LogP contribution in [0.25, 0.3) is 22.4 Å². The summed E-state index contributed by atoms with van der Waals surface area (Å²) in [6, 6.07) is 10.6. The van der Waals surface area contributed by atoms with Gasteiger partial charge in [-0.2, -0.15) is 0 Å². The average molecular weight is 427 g/mol. The Labute approximate surface area is 133 Å². The molecule has 4 heteroatoms. The fourth-order valence-electron chi connectivity index (χ4n) is 2.28. The number of H-pyrrole nitrogens is 1. The van der Waals surface area contributed by atoms with Crippen molar-refractivity contribution in [2.45, 2.75) is 13.8 Å². The van der Waals surface area contributed by atoms with E-state index in [0.29, 0.717) is 0 Å². The summed E-state index contributed by atoms with van der Waals surface area (Å²) < 4.78 is 2.26. The smallest absolute Gasteiger partial charge is 0.139 e. The van der Waals surface area contributed by atoms with E-state index in [1.807, 2.05) is 0 Å². The van der Waals surface area contributed by atoms with Crippen LogP contribution in [-0.2, 0) is 0 Å².